The van der Waals surface area contributed by atoms with E-state index in [1.165, 1.54) is 12.1 Å². The maximum absolute atomic E-state index is 14.4. The van der Waals surface area contributed by atoms with E-state index in [9.17, 15) is 28.0 Å². The smallest absolute Gasteiger partial charge is 0.325 e. The SMILES string of the molecule is COC(=O)Cn1c(=NC(=O)CN2C(=O)c3ccccc3C2=O)sc2cc(F)cc(F)c21. The number of aromatic nitrogens is 1. The molecule has 1 aromatic heterocycles. The lowest BCUT2D eigenvalue weighted by Crippen LogP contribution is -2.35. The van der Waals surface area contributed by atoms with Gasteiger partial charge >= 0.3 is 5.97 Å². The molecule has 3 amide bonds. The quantitative estimate of drug-likeness (QED) is 0.451. The fraction of sp³-hybridized carbons (Fsp3) is 0.150. The molecule has 0 aliphatic carbocycles. The van der Waals surface area contributed by atoms with Crippen molar-refractivity contribution in [3.63, 3.8) is 0 Å². The van der Waals surface area contributed by atoms with Crippen molar-refractivity contribution in [3.05, 3.63) is 64.0 Å². The molecule has 0 radical (unpaired) electrons. The van der Waals surface area contributed by atoms with Crippen molar-refractivity contribution in [2.45, 2.75) is 6.54 Å². The molecule has 2 heterocycles. The first-order chi connectivity index (χ1) is 14.8. The highest BCUT2D eigenvalue weighted by Crippen LogP contribution is 2.23. The highest BCUT2D eigenvalue weighted by Gasteiger charge is 2.36. The lowest BCUT2D eigenvalue weighted by Gasteiger charge is -2.10. The monoisotopic (exact) mass is 445 g/mol. The molecule has 158 valence electrons. The van der Waals surface area contributed by atoms with Crippen LogP contribution < -0.4 is 4.80 Å². The summed E-state index contributed by atoms with van der Waals surface area (Å²) in [5, 5.41) is 0. The Labute approximate surface area is 177 Å². The van der Waals surface area contributed by atoms with Gasteiger partial charge in [-0.25, -0.2) is 8.78 Å². The van der Waals surface area contributed by atoms with E-state index in [1.54, 1.807) is 12.1 Å². The summed E-state index contributed by atoms with van der Waals surface area (Å²) in [5.74, 6) is -4.64. The summed E-state index contributed by atoms with van der Waals surface area (Å²) < 4.78 is 33.8. The van der Waals surface area contributed by atoms with Crippen molar-refractivity contribution in [3.8, 4) is 0 Å². The third-order valence-electron chi connectivity index (χ3n) is 4.60. The summed E-state index contributed by atoms with van der Waals surface area (Å²) in [6, 6.07) is 7.84. The first-order valence-electron chi connectivity index (χ1n) is 8.88. The van der Waals surface area contributed by atoms with Gasteiger partial charge in [-0.3, -0.25) is 24.1 Å². The lowest BCUT2D eigenvalue weighted by molar-refractivity contribution is -0.141. The highest BCUT2D eigenvalue weighted by molar-refractivity contribution is 7.16. The Morgan fingerprint density at radius 3 is 2.32 bits per heavy atom. The Morgan fingerprint density at radius 1 is 1.06 bits per heavy atom. The van der Waals surface area contributed by atoms with E-state index in [0.29, 0.717) is 6.07 Å². The van der Waals surface area contributed by atoms with E-state index in [4.69, 9.17) is 0 Å². The fourth-order valence-corrected chi connectivity index (χ4v) is 4.30. The molecule has 0 saturated heterocycles. The zero-order valence-corrected chi connectivity index (χ0v) is 16.7. The zero-order chi connectivity index (χ0) is 22.3. The van der Waals surface area contributed by atoms with Crippen LogP contribution in [0.2, 0.25) is 0 Å². The minimum Gasteiger partial charge on any atom is -0.468 e. The Morgan fingerprint density at radius 2 is 1.71 bits per heavy atom. The van der Waals surface area contributed by atoms with Crippen LogP contribution in [0.25, 0.3) is 10.2 Å². The topological polar surface area (TPSA) is 98.0 Å². The fourth-order valence-electron chi connectivity index (χ4n) is 3.21. The summed E-state index contributed by atoms with van der Waals surface area (Å²) >= 11 is 0.779. The Balaban J connectivity index is 1.72. The molecule has 11 heteroatoms. The summed E-state index contributed by atoms with van der Waals surface area (Å²) in [6.07, 6.45) is 0. The van der Waals surface area contributed by atoms with Crippen molar-refractivity contribution in [1.82, 2.24) is 9.47 Å². The van der Waals surface area contributed by atoms with Crippen molar-refractivity contribution in [2.24, 2.45) is 4.99 Å². The van der Waals surface area contributed by atoms with Gasteiger partial charge < -0.3 is 9.30 Å². The van der Waals surface area contributed by atoms with Crippen LogP contribution in [-0.2, 0) is 20.9 Å². The molecule has 2 aromatic carbocycles. The van der Waals surface area contributed by atoms with Crippen LogP contribution in [0.15, 0.2) is 41.4 Å². The van der Waals surface area contributed by atoms with Gasteiger partial charge in [0.1, 0.15) is 18.9 Å². The van der Waals surface area contributed by atoms with Gasteiger partial charge in [0, 0.05) is 6.07 Å². The number of benzene rings is 2. The lowest BCUT2D eigenvalue weighted by atomic mass is 10.1. The molecule has 0 unspecified atom stereocenters. The molecule has 0 bridgehead atoms. The van der Waals surface area contributed by atoms with Crippen LogP contribution in [0.4, 0.5) is 8.78 Å². The molecule has 0 saturated carbocycles. The van der Waals surface area contributed by atoms with E-state index >= 15 is 0 Å². The standard InChI is InChI=1S/C20H13F2N3O5S/c1-30-16(27)9-24-17-13(22)6-10(21)7-14(17)31-20(24)23-15(26)8-25-18(28)11-4-2-3-5-12(11)19(25)29/h2-7H,8-9H2,1H3. The van der Waals surface area contributed by atoms with Gasteiger partial charge in [0.25, 0.3) is 17.7 Å². The normalized spacial score (nSPS) is 13.8. The molecule has 0 N–H and O–H groups in total. The molecule has 3 aromatic rings. The second-order valence-corrected chi connectivity index (χ2v) is 7.54. The first kappa shape index (κ1) is 20.5. The highest BCUT2D eigenvalue weighted by atomic mass is 32.1. The van der Waals surface area contributed by atoms with Crippen molar-refractivity contribution < 1.29 is 32.7 Å². The van der Waals surface area contributed by atoms with Gasteiger partial charge in [0.05, 0.1) is 28.5 Å². The number of ether oxygens (including phenoxy) is 1. The number of carbonyl (C=O) groups is 4. The van der Waals surface area contributed by atoms with Crippen LogP contribution >= 0.6 is 11.3 Å². The molecule has 1 aliphatic heterocycles. The van der Waals surface area contributed by atoms with Crippen LogP contribution in [0.5, 0.6) is 0 Å². The third-order valence-corrected chi connectivity index (χ3v) is 5.63. The van der Waals surface area contributed by atoms with Crippen LogP contribution in [0, 0.1) is 11.6 Å². The van der Waals surface area contributed by atoms with Gasteiger partial charge in [-0.05, 0) is 18.2 Å². The number of nitrogens with zero attached hydrogens (tertiary/aromatic N) is 3. The Hall–Kier alpha value is -3.73. The molecule has 0 spiro atoms. The molecule has 1 aliphatic rings. The summed E-state index contributed by atoms with van der Waals surface area (Å²) in [5.41, 5.74) is 0.241. The number of rotatable bonds is 4. The number of esters is 1. The zero-order valence-electron chi connectivity index (χ0n) is 15.9. The maximum atomic E-state index is 14.4. The number of methoxy groups -OCH3 is 1. The minimum absolute atomic E-state index is 0.105. The molecule has 4 rings (SSSR count). The molecular formula is C20H13F2N3O5S. The van der Waals surface area contributed by atoms with Gasteiger partial charge in [-0.2, -0.15) is 4.99 Å². The average molecular weight is 445 g/mol. The average Bonchev–Trinajstić information content (AvgIpc) is 3.18. The van der Waals surface area contributed by atoms with Crippen molar-refractivity contribution in [1.29, 1.82) is 0 Å². The van der Waals surface area contributed by atoms with E-state index in [1.807, 2.05) is 0 Å². The number of imide groups is 1. The number of fused-ring (bicyclic) bond motifs is 2. The number of hydrogen-bond acceptors (Lipinski definition) is 6. The van der Waals surface area contributed by atoms with E-state index < -0.39 is 48.4 Å². The summed E-state index contributed by atoms with van der Waals surface area (Å²) in [7, 11) is 1.14. The molecule has 8 nitrogen and oxygen atoms in total. The summed E-state index contributed by atoms with van der Waals surface area (Å²) in [4.78, 5) is 53.7. The summed E-state index contributed by atoms with van der Waals surface area (Å²) in [6.45, 7) is -1.12. The van der Waals surface area contributed by atoms with Crippen LogP contribution in [-0.4, -0.2) is 46.8 Å². The number of hydrogen-bond donors (Lipinski definition) is 0. The number of amides is 3. The second-order valence-electron chi connectivity index (χ2n) is 6.53. The number of halogens is 2. The Bertz CT molecular complexity index is 1310. The molecule has 0 fully saturated rings. The second kappa shape index (κ2) is 7.84. The van der Waals surface area contributed by atoms with Gasteiger partial charge in [-0.15, -0.1) is 0 Å². The third kappa shape index (κ3) is 3.63. The van der Waals surface area contributed by atoms with Crippen molar-refractivity contribution in [2.75, 3.05) is 13.7 Å². The molecule has 0 atom stereocenters. The number of thiazole rings is 1. The maximum Gasteiger partial charge on any atom is 0.325 e. The Kier molecular flexibility index (Phi) is 5.19. The van der Waals surface area contributed by atoms with Gasteiger partial charge in [0.15, 0.2) is 10.6 Å². The largest absolute Gasteiger partial charge is 0.468 e. The molecule has 31 heavy (non-hydrogen) atoms. The van der Waals surface area contributed by atoms with E-state index in [-0.39, 0.29) is 26.1 Å². The van der Waals surface area contributed by atoms with E-state index in [2.05, 4.69) is 9.73 Å². The predicted octanol–water partition coefficient (Wildman–Crippen LogP) is 1.88. The minimum atomic E-state index is -0.940. The van der Waals surface area contributed by atoms with E-state index in [0.717, 1.165) is 34.0 Å². The number of carbonyl (C=O) groups excluding carboxylic acids is 4. The predicted molar refractivity (Wildman–Crippen MR) is 104 cm³/mol. The van der Waals surface area contributed by atoms with Crippen LogP contribution in [0.1, 0.15) is 20.7 Å². The molecular weight excluding hydrogens is 432 g/mol. The van der Waals surface area contributed by atoms with Crippen molar-refractivity contribution >= 4 is 45.2 Å². The van der Waals surface area contributed by atoms with Crippen LogP contribution in [0.3, 0.4) is 0 Å². The van der Waals surface area contributed by atoms with Gasteiger partial charge in [0.2, 0.25) is 0 Å². The first-order valence-corrected chi connectivity index (χ1v) is 9.69. The van der Waals surface area contributed by atoms with Gasteiger partial charge in [-0.1, -0.05) is 23.5 Å².